The number of pyridine rings is 1. The first kappa shape index (κ1) is 14.1. The van der Waals surface area contributed by atoms with Crippen molar-refractivity contribution < 1.29 is 0 Å². The molecule has 1 N–H and O–H groups in total. The molecule has 1 aromatic heterocycles. The van der Waals surface area contributed by atoms with Crippen molar-refractivity contribution in [3.63, 3.8) is 0 Å². The second kappa shape index (κ2) is 6.71. The Hall–Kier alpha value is -0.890. The Morgan fingerprint density at radius 1 is 1.30 bits per heavy atom. The third-order valence-electron chi connectivity index (χ3n) is 5.44. The van der Waals surface area contributed by atoms with Crippen LogP contribution in [0.25, 0.3) is 0 Å². The summed E-state index contributed by atoms with van der Waals surface area (Å²) in [4.78, 5) is 4.45. The van der Waals surface area contributed by atoms with Crippen LogP contribution in [-0.4, -0.2) is 17.6 Å². The fourth-order valence-electron chi connectivity index (χ4n) is 4.49. The zero-order valence-electron chi connectivity index (χ0n) is 12.7. The Kier molecular flexibility index (Phi) is 4.72. The largest absolute Gasteiger partial charge is 0.314 e. The molecule has 1 heterocycles. The topological polar surface area (TPSA) is 24.9 Å². The summed E-state index contributed by atoms with van der Waals surface area (Å²) < 4.78 is 0. The normalized spacial score (nSPS) is 29.8. The first-order chi connectivity index (χ1) is 9.85. The average Bonchev–Trinajstić information content (AvgIpc) is 3.09. The molecule has 4 unspecified atom stereocenters. The smallest absolute Gasteiger partial charge is 0.0404 e. The van der Waals surface area contributed by atoms with Crippen molar-refractivity contribution in [3.8, 4) is 0 Å². The van der Waals surface area contributed by atoms with Crippen LogP contribution in [-0.2, 0) is 6.42 Å². The van der Waals surface area contributed by atoms with E-state index in [2.05, 4.69) is 29.4 Å². The molecule has 2 aliphatic rings. The summed E-state index contributed by atoms with van der Waals surface area (Å²) in [6.45, 7) is 3.32. The SMILES string of the molecule is CCNC(CCc1ccccn1)CC1CC2CCC1C2. The maximum atomic E-state index is 4.45. The van der Waals surface area contributed by atoms with Crippen LogP contribution in [0.2, 0.25) is 0 Å². The average molecular weight is 272 g/mol. The van der Waals surface area contributed by atoms with Crippen molar-refractivity contribution in [2.75, 3.05) is 6.54 Å². The van der Waals surface area contributed by atoms with Gasteiger partial charge in [0.15, 0.2) is 0 Å². The number of nitrogens with one attached hydrogen (secondary N) is 1. The molecule has 3 rings (SSSR count). The Morgan fingerprint density at radius 3 is 2.90 bits per heavy atom. The molecule has 2 bridgehead atoms. The standard InChI is InChI=1S/C18H28N2/c1-2-19-18(9-8-17-5-3-4-10-20-17)13-16-12-14-6-7-15(16)11-14/h3-5,10,14-16,18-19H,2,6-9,11-13H2,1H3. The second-order valence-corrected chi connectivity index (χ2v) is 6.78. The minimum Gasteiger partial charge on any atom is -0.314 e. The van der Waals surface area contributed by atoms with E-state index in [-0.39, 0.29) is 0 Å². The van der Waals surface area contributed by atoms with Gasteiger partial charge in [0.05, 0.1) is 0 Å². The lowest BCUT2D eigenvalue weighted by Crippen LogP contribution is -2.32. The summed E-state index contributed by atoms with van der Waals surface area (Å²) in [6, 6.07) is 6.94. The number of nitrogens with zero attached hydrogens (tertiary/aromatic N) is 1. The molecule has 0 spiro atoms. The Balaban J connectivity index is 1.50. The van der Waals surface area contributed by atoms with Crippen molar-refractivity contribution in [1.82, 2.24) is 10.3 Å². The van der Waals surface area contributed by atoms with Gasteiger partial charge in [0.1, 0.15) is 0 Å². The van der Waals surface area contributed by atoms with Crippen LogP contribution in [0.1, 0.15) is 51.1 Å². The van der Waals surface area contributed by atoms with Crippen LogP contribution >= 0.6 is 0 Å². The van der Waals surface area contributed by atoms with Crippen LogP contribution in [0.3, 0.4) is 0 Å². The zero-order chi connectivity index (χ0) is 13.8. The number of hydrogen-bond acceptors (Lipinski definition) is 2. The highest BCUT2D eigenvalue weighted by molar-refractivity contribution is 5.04. The van der Waals surface area contributed by atoms with Crippen LogP contribution < -0.4 is 5.32 Å². The van der Waals surface area contributed by atoms with Crippen molar-refractivity contribution in [1.29, 1.82) is 0 Å². The molecular formula is C18H28N2. The van der Waals surface area contributed by atoms with Crippen molar-refractivity contribution >= 4 is 0 Å². The molecule has 4 atom stereocenters. The molecule has 0 aromatic carbocycles. The number of hydrogen-bond donors (Lipinski definition) is 1. The first-order valence-corrected chi connectivity index (χ1v) is 8.48. The second-order valence-electron chi connectivity index (χ2n) is 6.78. The molecule has 2 heteroatoms. The van der Waals surface area contributed by atoms with Crippen LogP contribution in [0.4, 0.5) is 0 Å². The van der Waals surface area contributed by atoms with E-state index in [1.54, 1.807) is 0 Å². The van der Waals surface area contributed by atoms with Gasteiger partial charge in [0.2, 0.25) is 0 Å². The van der Waals surface area contributed by atoms with Gasteiger partial charge in [-0.05, 0) is 75.0 Å². The lowest BCUT2D eigenvalue weighted by molar-refractivity contribution is 0.273. The van der Waals surface area contributed by atoms with E-state index in [1.165, 1.54) is 44.2 Å². The van der Waals surface area contributed by atoms with Gasteiger partial charge in [-0.25, -0.2) is 0 Å². The molecule has 2 fully saturated rings. The minimum absolute atomic E-state index is 0.686. The van der Waals surface area contributed by atoms with Gasteiger partial charge < -0.3 is 5.32 Å². The highest BCUT2D eigenvalue weighted by Gasteiger charge is 2.39. The monoisotopic (exact) mass is 272 g/mol. The molecular weight excluding hydrogens is 244 g/mol. The molecule has 2 aliphatic carbocycles. The van der Waals surface area contributed by atoms with Crippen molar-refractivity contribution in [2.24, 2.45) is 17.8 Å². The van der Waals surface area contributed by atoms with Gasteiger partial charge in [0, 0.05) is 17.9 Å². The minimum atomic E-state index is 0.686. The quantitative estimate of drug-likeness (QED) is 0.816. The molecule has 110 valence electrons. The molecule has 0 amide bonds. The summed E-state index contributed by atoms with van der Waals surface area (Å²) in [5.41, 5.74) is 1.24. The van der Waals surface area contributed by atoms with E-state index in [9.17, 15) is 0 Å². The maximum absolute atomic E-state index is 4.45. The van der Waals surface area contributed by atoms with Crippen molar-refractivity contribution in [2.45, 2.75) is 57.9 Å². The predicted octanol–water partition coefficient (Wildman–Crippen LogP) is 3.82. The third-order valence-corrected chi connectivity index (χ3v) is 5.44. The van der Waals surface area contributed by atoms with Crippen LogP contribution in [0, 0.1) is 17.8 Å². The van der Waals surface area contributed by atoms with E-state index in [0.717, 1.165) is 30.7 Å². The molecule has 20 heavy (non-hydrogen) atoms. The zero-order valence-corrected chi connectivity index (χ0v) is 12.7. The summed E-state index contributed by atoms with van der Waals surface area (Å²) in [6.07, 6.45) is 11.7. The molecule has 0 aliphatic heterocycles. The van der Waals surface area contributed by atoms with Crippen LogP contribution in [0.15, 0.2) is 24.4 Å². The number of aryl methyl sites for hydroxylation is 1. The lowest BCUT2D eigenvalue weighted by Gasteiger charge is -2.27. The third kappa shape index (κ3) is 3.41. The summed E-state index contributed by atoms with van der Waals surface area (Å²) in [7, 11) is 0. The molecule has 2 saturated carbocycles. The Labute approximate surface area is 123 Å². The van der Waals surface area contributed by atoms with Gasteiger partial charge in [-0.3, -0.25) is 4.98 Å². The number of fused-ring (bicyclic) bond motifs is 2. The van der Waals surface area contributed by atoms with Crippen molar-refractivity contribution in [3.05, 3.63) is 30.1 Å². The van der Waals surface area contributed by atoms with Gasteiger partial charge >= 0.3 is 0 Å². The lowest BCUT2D eigenvalue weighted by atomic mass is 9.83. The molecule has 1 aromatic rings. The van der Waals surface area contributed by atoms with Gasteiger partial charge in [-0.2, -0.15) is 0 Å². The highest BCUT2D eigenvalue weighted by Crippen LogP contribution is 2.50. The number of aromatic nitrogens is 1. The van der Waals surface area contributed by atoms with Gasteiger partial charge in [-0.1, -0.05) is 19.4 Å². The fraction of sp³-hybridized carbons (Fsp3) is 0.722. The summed E-state index contributed by atoms with van der Waals surface area (Å²) in [5.74, 6) is 3.13. The molecule has 0 radical (unpaired) electrons. The first-order valence-electron chi connectivity index (χ1n) is 8.48. The Morgan fingerprint density at radius 2 is 2.25 bits per heavy atom. The van der Waals surface area contributed by atoms with E-state index < -0.39 is 0 Å². The van der Waals surface area contributed by atoms with E-state index in [4.69, 9.17) is 0 Å². The van der Waals surface area contributed by atoms with Gasteiger partial charge in [-0.15, -0.1) is 0 Å². The summed E-state index contributed by atoms with van der Waals surface area (Å²) >= 11 is 0. The highest BCUT2D eigenvalue weighted by atomic mass is 14.9. The van der Waals surface area contributed by atoms with E-state index in [1.807, 2.05) is 12.3 Å². The van der Waals surface area contributed by atoms with Gasteiger partial charge in [0.25, 0.3) is 0 Å². The Bertz CT molecular complexity index is 403. The summed E-state index contributed by atoms with van der Waals surface area (Å²) in [5, 5.41) is 3.71. The molecule has 2 nitrogen and oxygen atoms in total. The maximum Gasteiger partial charge on any atom is 0.0404 e. The fourth-order valence-corrected chi connectivity index (χ4v) is 4.49. The number of rotatable bonds is 7. The van der Waals surface area contributed by atoms with E-state index >= 15 is 0 Å². The van der Waals surface area contributed by atoms with E-state index in [0.29, 0.717) is 6.04 Å². The van der Waals surface area contributed by atoms with Crippen LogP contribution in [0.5, 0.6) is 0 Å². The predicted molar refractivity (Wildman–Crippen MR) is 83.6 cm³/mol. The molecule has 0 saturated heterocycles.